The van der Waals surface area contributed by atoms with E-state index >= 15 is 0 Å². The molecule has 3 heterocycles. The first-order valence-corrected chi connectivity index (χ1v) is 8.98. The Morgan fingerprint density at radius 3 is 2.52 bits per heavy atom. The molecule has 4 aliphatic rings. The predicted molar refractivity (Wildman–Crippen MR) is 85.4 cm³/mol. The Bertz CT molecular complexity index is 566. The second kappa shape index (κ2) is 6.03. The zero-order chi connectivity index (χ0) is 17.8. The molecule has 5 unspecified atom stereocenters. The van der Waals surface area contributed by atoms with Crippen molar-refractivity contribution < 1.29 is 33.2 Å². The van der Waals surface area contributed by atoms with Gasteiger partial charge in [-0.25, -0.2) is 4.79 Å². The molecular weight excluding hydrogens is 328 g/mol. The zero-order valence-corrected chi connectivity index (χ0v) is 15.0. The fourth-order valence-corrected chi connectivity index (χ4v) is 4.08. The molecule has 0 aromatic carbocycles. The summed E-state index contributed by atoms with van der Waals surface area (Å²) in [6, 6.07) is 0. The summed E-state index contributed by atoms with van der Waals surface area (Å²) in [6.45, 7) is 9.29. The van der Waals surface area contributed by atoms with Crippen LogP contribution in [0.3, 0.4) is 0 Å². The summed E-state index contributed by atoms with van der Waals surface area (Å²) in [7, 11) is 0. The topological polar surface area (TPSA) is 72.5 Å². The van der Waals surface area contributed by atoms with E-state index in [-0.39, 0.29) is 6.10 Å². The highest BCUT2D eigenvalue weighted by atomic mass is 16.8. The van der Waals surface area contributed by atoms with Gasteiger partial charge in [0.15, 0.2) is 30.1 Å². The van der Waals surface area contributed by atoms with Crippen molar-refractivity contribution >= 4 is 5.97 Å². The molecule has 5 atom stereocenters. The van der Waals surface area contributed by atoms with Gasteiger partial charge in [-0.05, 0) is 33.6 Å². The Hall–Kier alpha value is -0.990. The number of ether oxygens (including phenoxy) is 6. The van der Waals surface area contributed by atoms with E-state index in [0.29, 0.717) is 12.2 Å². The van der Waals surface area contributed by atoms with E-state index in [2.05, 4.69) is 6.58 Å². The van der Waals surface area contributed by atoms with E-state index in [0.717, 1.165) is 25.7 Å². The van der Waals surface area contributed by atoms with Crippen LogP contribution in [0.4, 0.5) is 0 Å². The van der Waals surface area contributed by atoms with Crippen molar-refractivity contribution in [3.05, 3.63) is 12.2 Å². The van der Waals surface area contributed by atoms with Gasteiger partial charge in [-0.15, -0.1) is 0 Å². The fourth-order valence-electron chi connectivity index (χ4n) is 4.08. The van der Waals surface area contributed by atoms with Gasteiger partial charge in [0.05, 0.1) is 6.61 Å². The Labute approximate surface area is 147 Å². The van der Waals surface area contributed by atoms with Crippen LogP contribution in [-0.4, -0.2) is 54.9 Å². The second-order valence-electron chi connectivity index (χ2n) is 7.80. The standard InChI is InChI=1S/C18H26O7/c1-10(2)15(19)21-13-12(22-16-14(13)24-17(3,4)25-16)11-9-20-18(23-11)7-5-6-8-18/h11-14,16H,1,5-9H2,2-4H3. The average molecular weight is 354 g/mol. The average Bonchev–Trinajstić information content (AvgIpc) is 3.27. The van der Waals surface area contributed by atoms with Crippen LogP contribution < -0.4 is 0 Å². The summed E-state index contributed by atoms with van der Waals surface area (Å²) in [5, 5.41) is 0. The molecule has 1 saturated carbocycles. The van der Waals surface area contributed by atoms with E-state index in [1.54, 1.807) is 6.92 Å². The number of hydrogen-bond acceptors (Lipinski definition) is 7. The molecule has 4 rings (SSSR count). The molecule has 0 amide bonds. The lowest BCUT2D eigenvalue weighted by Gasteiger charge is -2.29. The van der Waals surface area contributed by atoms with Gasteiger partial charge in [0.1, 0.15) is 12.2 Å². The van der Waals surface area contributed by atoms with Crippen LogP contribution >= 0.6 is 0 Å². The fraction of sp³-hybridized carbons (Fsp3) is 0.833. The van der Waals surface area contributed by atoms with Crippen LogP contribution in [0.15, 0.2) is 12.2 Å². The van der Waals surface area contributed by atoms with Crippen molar-refractivity contribution in [2.45, 2.75) is 88.7 Å². The first kappa shape index (κ1) is 17.4. The first-order chi connectivity index (χ1) is 11.8. The van der Waals surface area contributed by atoms with Gasteiger partial charge < -0.3 is 28.4 Å². The van der Waals surface area contributed by atoms with Crippen LogP contribution in [0.2, 0.25) is 0 Å². The minimum atomic E-state index is -0.784. The van der Waals surface area contributed by atoms with E-state index in [4.69, 9.17) is 28.4 Å². The summed E-state index contributed by atoms with van der Waals surface area (Å²) in [5.74, 6) is -1.76. The second-order valence-corrected chi connectivity index (χ2v) is 7.80. The molecule has 0 radical (unpaired) electrons. The van der Waals surface area contributed by atoms with E-state index in [9.17, 15) is 4.79 Å². The number of carbonyl (C=O) groups is 1. The molecule has 7 heteroatoms. The number of fused-ring (bicyclic) bond motifs is 1. The van der Waals surface area contributed by atoms with Crippen molar-refractivity contribution in [2.75, 3.05) is 6.61 Å². The minimum absolute atomic E-state index is 0.318. The van der Waals surface area contributed by atoms with Gasteiger partial charge in [0.25, 0.3) is 0 Å². The lowest BCUT2D eigenvalue weighted by molar-refractivity contribution is -0.237. The molecule has 4 fully saturated rings. The highest BCUT2D eigenvalue weighted by Crippen LogP contribution is 2.45. The molecule has 0 aromatic rings. The summed E-state index contributed by atoms with van der Waals surface area (Å²) in [5.41, 5.74) is 0.330. The zero-order valence-electron chi connectivity index (χ0n) is 15.0. The molecule has 1 aliphatic carbocycles. The maximum absolute atomic E-state index is 12.1. The summed E-state index contributed by atoms with van der Waals surface area (Å²) < 4.78 is 35.6. The molecule has 0 N–H and O–H groups in total. The Morgan fingerprint density at radius 2 is 1.84 bits per heavy atom. The van der Waals surface area contributed by atoms with E-state index < -0.39 is 42.1 Å². The quantitative estimate of drug-likeness (QED) is 0.567. The number of carbonyl (C=O) groups excluding carboxylic acids is 1. The van der Waals surface area contributed by atoms with Crippen LogP contribution in [0.1, 0.15) is 46.5 Å². The van der Waals surface area contributed by atoms with Crippen molar-refractivity contribution in [3.8, 4) is 0 Å². The Morgan fingerprint density at radius 1 is 1.12 bits per heavy atom. The van der Waals surface area contributed by atoms with Gasteiger partial charge in [0, 0.05) is 18.4 Å². The summed E-state index contributed by atoms with van der Waals surface area (Å²) >= 11 is 0. The lowest BCUT2D eigenvalue weighted by atomic mass is 10.1. The molecule has 3 saturated heterocycles. The number of hydrogen-bond donors (Lipinski definition) is 0. The summed E-state index contributed by atoms with van der Waals surface area (Å²) in [6.07, 6.45) is 1.45. The molecule has 1 spiro atoms. The highest BCUT2D eigenvalue weighted by molar-refractivity contribution is 5.87. The van der Waals surface area contributed by atoms with Crippen LogP contribution in [0, 0.1) is 0 Å². The van der Waals surface area contributed by atoms with Crippen LogP contribution in [0.5, 0.6) is 0 Å². The van der Waals surface area contributed by atoms with Crippen molar-refractivity contribution in [2.24, 2.45) is 0 Å². The van der Waals surface area contributed by atoms with Crippen molar-refractivity contribution in [1.29, 1.82) is 0 Å². The first-order valence-electron chi connectivity index (χ1n) is 8.98. The van der Waals surface area contributed by atoms with Crippen LogP contribution in [0.25, 0.3) is 0 Å². The predicted octanol–water partition coefficient (Wildman–Crippen LogP) is 2.04. The third kappa shape index (κ3) is 3.13. The molecule has 3 aliphatic heterocycles. The van der Waals surface area contributed by atoms with E-state index in [1.807, 2.05) is 13.8 Å². The molecule has 140 valence electrons. The smallest absolute Gasteiger partial charge is 0.333 e. The monoisotopic (exact) mass is 354 g/mol. The molecule has 0 aromatic heterocycles. The maximum atomic E-state index is 12.1. The van der Waals surface area contributed by atoms with Crippen molar-refractivity contribution in [1.82, 2.24) is 0 Å². The number of esters is 1. The van der Waals surface area contributed by atoms with Gasteiger partial charge in [0.2, 0.25) is 0 Å². The largest absolute Gasteiger partial charge is 0.453 e. The lowest BCUT2D eigenvalue weighted by Crippen LogP contribution is -2.45. The maximum Gasteiger partial charge on any atom is 0.333 e. The number of rotatable bonds is 3. The minimum Gasteiger partial charge on any atom is -0.453 e. The molecule has 25 heavy (non-hydrogen) atoms. The summed E-state index contributed by atoms with van der Waals surface area (Å²) in [4.78, 5) is 12.1. The van der Waals surface area contributed by atoms with Crippen LogP contribution in [-0.2, 0) is 33.2 Å². The van der Waals surface area contributed by atoms with Gasteiger partial charge >= 0.3 is 5.97 Å². The van der Waals surface area contributed by atoms with Gasteiger partial charge in [-0.1, -0.05) is 6.58 Å². The van der Waals surface area contributed by atoms with Crippen molar-refractivity contribution in [3.63, 3.8) is 0 Å². The molecule has 7 nitrogen and oxygen atoms in total. The Kier molecular flexibility index (Phi) is 4.20. The third-order valence-electron chi connectivity index (χ3n) is 5.23. The van der Waals surface area contributed by atoms with Gasteiger partial charge in [-0.2, -0.15) is 0 Å². The molecular formula is C18H26O7. The van der Waals surface area contributed by atoms with E-state index in [1.165, 1.54) is 0 Å². The van der Waals surface area contributed by atoms with Gasteiger partial charge in [-0.3, -0.25) is 0 Å². The Balaban J connectivity index is 1.52. The third-order valence-corrected chi connectivity index (χ3v) is 5.23. The highest BCUT2D eigenvalue weighted by Gasteiger charge is 2.60. The normalized spacial score (nSPS) is 41.2. The molecule has 0 bridgehead atoms. The SMILES string of the molecule is C=C(C)C(=O)OC1C(C2COC3(CCCC3)O2)OC2OC(C)(C)OC21.